The summed E-state index contributed by atoms with van der Waals surface area (Å²) in [4.78, 5) is 12.3. The summed E-state index contributed by atoms with van der Waals surface area (Å²) >= 11 is 0. The van der Waals surface area contributed by atoms with Crippen LogP contribution in [0.4, 0.5) is 0 Å². The summed E-state index contributed by atoms with van der Waals surface area (Å²) in [5.41, 5.74) is 1.12. The van der Waals surface area contributed by atoms with Gasteiger partial charge in [0.1, 0.15) is 6.54 Å². The molecule has 112 valence electrons. The second kappa shape index (κ2) is 5.92. The van der Waals surface area contributed by atoms with Crippen molar-refractivity contribution in [2.45, 2.75) is 45.7 Å². The molecule has 0 bridgehead atoms. The van der Waals surface area contributed by atoms with Crippen molar-refractivity contribution in [3.05, 3.63) is 36.5 Å². The lowest BCUT2D eigenvalue weighted by molar-refractivity contribution is -0.123. The molecule has 1 saturated carbocycles. The van der Waals surface area contributed by atoms with E-state index in [0.29, 0.717) is 24.4 Å². The van der Waals surface area contributed by atoms with Gasteiger partial charge in [-0.3, -0.25) is 4.79 Å². The Labute approximate surface area is 126 Å². The van der Waals surface area contributed by atoms with Crippen LogP contribution in [0.2, 0.25) is 0 Å². The molecule has 0 spiro atoms. The van der Waals surface area contributed by atoms with E-state index >= 15 is 0 Å². The topological polar surface area (TPSA) is 34.0 Å². The summed E-state index contributed by atoms with van der Waals surface area (Å²) in [5, 5.41) is 4.43. The van der Waals surface area contributed by atoms with Crippen molar-refractivity contribution < 1.29 is 4.79 Å². The molecule has 1 aliphatic rings. The van der Waals surface area contributed by atoms with E-state index in [1.54, 1.807) is 0 Å². The van der Waals surface area contributed by atoms with E-state index in [1.807, 2.05) is 22.9 Å². The number of fused-ring (bicyclic) bond motifs is 1. The van der Waals surface area contributed by atoms with Gasteiger partial charge in [-0.05, 0) is 35.8 Å². The molecule has 0 radical (unpaired) electrons. The van der Waals surface area contributed by atoms with Gasteiger partial charge in [-0.1, -0.05) is 44.9 Å². The molecule has 2 aromatic rings. The van der Waals surface area contributed by atoms with Crippen LogP contribution in [0.15, 0.2) is 36.5 Å². The Morgan fingerprint density at radius 3 is 2.90 bits per heavy atom. The van der Waals surface area contributed by atoms with Crippen LogP contribution < -0.4 is 5.32 Å². The van der Waals surface area contributed by atoms with Crippen LogP contribution >= 0.6 is 0 Å². The van der Waals surface area contributed by atoms with Gasteiger partial charge in [-0.15, -0.1) is 0 Å². The molecule has 3 rings (SSSR count). The maximum atomic E-state index is 12.3. The molecule has 1 aromatic carbocycles. The molecule has 1 fully saturated rings. The number of benzene rings is 1. The molecule has 21 heavy (non-hydrogen) atoms. The van der Waals surface area contributed by atoms with Crippen LogP contribution in [-0.2, 0) is 11.3 Å². The summed E-state index contributed by atoms with van der Waals surface area (Å²) in [6.07, 6.45) is 5.62. The zero-order valence-corrected chi connectivity index (χ0v) is 12.9. The van der Waals surface area contributed by atoms with E-state index in [1.165, 1.54) is 18.2 Å². The number of nitrogens with one attached hydrogen (secondary N) is 1. The Hall–Kier alpha value is -1.77. The largest absolute Gasteiger partial charge is 0.352 e. The predicted octanol–water partition coefficient (Wildman–Crippen LogP) is 3.58. The smallest absolute Gasteiger partial charge is 0.240 e. The molecule has 0 aliphatic heterocycles. The van der Waals surface area contributed by atoms with E-state index in [4.69, 9.17) is 0 Å². The average Bonchev–Trinajstić information content (AvgIpc) is 2.87. The number of rotatable bonds is 3. The van der Waals surface area contributed by atoms with Crippen LogP contribution in [0, 0.1) is 11.8 Å². The normalized spacial score (nSPS) is 25.9. The van der Waals surface area contributed by atoms with Crippen molar-refractivity contribution >= 4 is 16.8 Å². The number of hydrogen-bond donors (Lipinski definition) is 1. The molecule has 3 heteroatoms. The molecule has 1 N–H and O–H groups in total. The SMILES string of the molecule is C[C@H]1[C@H](C)CCC[C@@H]1NC(=O)Cn1ccc2ccccc21. The molecule has 1 aromatic heterocycles. The van der Waals surface area contributed by atoms with Crippen molar-refractivity contribution in [1.29, 1.82) is 0 Å². The highest BCUT2D eigenvalue weighted by atomic mass is 16.2. The Balaban J connectivity index is 1.66. The first-order chi connectivity index (χ1) is 10.1. The molecule has 3 atom stereocenters. The van der Waals surface area contributed by atoms with Gasteiger partial charge in [0.15, 0.2) is 0 Å². The molecular formula is C18H24N2O. The van der Waals surface area contributed by atoms with Crippen LogP contribution in [0.5, 0.6) is 0 Å². The van der Waals surface area contributed by atoms with E-state index in [2.05, 4.69) is 37.4 Å². The fourth-order valence-electron chi connectivity index (χ4n) is 3.47. The van der Waals surface area contributed by atoms with E-state index in [9.17, 15) is 4.79 Å². The summed E-state index contributed by atoms with van der Waals surface area (Å²) in [7, 11) is 0. The highest BCUT2D eigenvalue weighted by Gasteiger charge is 2.28. The fraction of sp³-hybridized carbons (Fsp3) is 0.500. The number of amides is 1. The lowest BCUT2D eigenvalue weighted by atomic mass is 9.78. The molecule has 0 unspecified atom stereocenters. The van der Waals surface area contributed by atoms with Gasteiger partial charge in [-0.2, -0.15) is 0 Å². The molecule has 3 nitrogen and oxygen atoms in total. The monoisotopic (exact) mass is 284 g/mol. The van der Waals surface area contributed by atoms with Crippen LogP contribution in [0.25, 0.3) is 10.9 Å². The number of para-hydroxylation sites is 1. The van der Waals surface area contributed by atoms with Crippen molar-refractivity contribution in [2.75, 3.05) is 0 Å². The average molecular weight is 284 g/mol. The molecule has 0 saturated heterocycles. The number of aromatic nitrogens is 1. The van der Waals surface area contributed by atoms with Crippen LogP contribution in [0.1, 0.15) is 33.1 Å². The van der Waals surface area contributed by atoms with Gasteiger partial charge in [-0.25, -0.2) is 0 Å². The van der Waals surface area contributed by atoms with Crippen molar-refractivity contribution in [1.82, 2.24) is 9.88 Å². The second-order valence-corrected chi connectivity index (χ2v) is 6.44. The second-order valence-electron chi connectivity index (χ2n) is 6.44. The highest BCUT2D eigenvalue weighted by Crippen LogP contribution is 2.29. The lowest BCUT2D eigenvalue weighted by Gasteiger charge is -2.34. The minimum absolute atomic E-state index is 0.127. The van der Waals surface area contributed by atoms with Crippen molar-refractivity contribution in [2.24, 2.45) is 11.8 Å². The minimum atomic E-state index is 0.127. The van der Waals surface area contributed by atoms with Gasteiger partial charge in [0.25, 0.3) is 0 Å². The lowest BCUT2D eigenvalue weighted by Crippen LogP contribution is -2.44. The van der Waals surface area contributed by atoms with Gasteiger partial charge in [0, 0.05) is 17.8 Å². The first-order valence-electron chi connectivity index (χ1n) is 7.98. The fourth-order valence-corrected chi connectivity index (χ4v) is 3.47. The Kier molecular flexibility index (Phi) is 4.00. The summed E-state index contributed by atoms with van der Waals surface area (Å²) in [6.45, 7) is 4.97. The van der Waals surface area contributed by atoms with Gasteiger partial charge < -0.3 is 9.88 Å². The minimum Gasteiger partial charge on any atom is -0.352 e. The third kappa shape index (κ3) is 2.97. The molecule has 1 aliphatic carbocycles. The zero-order chi connectivity index (χ0) is 14.8. The maximum Gasteiger partial charge on any atom is 0.240 e. The number of carbonyl (C=O) groups excluding carboxylic acids is 1. The summed E-state index contributed by atoms with van der Waals surface area (Å²) < 4.78 is 2.03. The molecular weight excluding hydrogens is 260 g/mol. The first kappa shape index (κ1) is 14.2. The van der Waals surface area contributed by atoms with Crippen molar-refractivity contribution in [3.8, 4) is 0 Å². The van der Waals surface area contributed by atoms with Gasteiger partial charge >= 0.3 is 0 Å². The van der Waals surface area contributed by atoms with Crippen LogP contribution in [-0.4, -0.2) is 16.5 Å². The number of carbonyl (C=O) groups is 1. The van der Waals surface area contributed by atoms with Crippen molar-refractivity contribution in [3.63, 3.8) is 0 Å². The van der Waals surface area contributed by atoms with E-state index in [-0.39, 0.29) is 5.91 Å². The summed E-state index contributed by atoms with van der Waals surface area (Å²) in [5.74, 6) is 1.41. The number of nitrogens with zero attached hydrogens (tertiary/aromatic N) is 1. The predicted molar refractivity (Wildman–Crippen MR) is 86.0 cm³/mol. The third-order valence-electron chi connectivity index (χ3n) is 5.05. The number of hydrogen-bond acceptors (Lipinski definition) is 1. The van der Waals surface area contributed by atoms with Gasteiger partial charge in [0.05, 0.1) is 0 Å². The molecule has 1 amide bonds. The third-order valence-corrected chi connectivity index (χ3v) is 5.05. The van der Waals surface area contributed by atoms with Gasteiger partial charge in [0.2, 0.25) is 5.91 Å². The quantitative estimate of drug-likeness (QED) is 0.918. The standard InChI is InChI=1S/C18H24N2O/c1-13-6-5-8-16(14(13)2)19-18(21)12-20-11-10-15-7-3-4-9-17(15)20/h3-4,7,9-11,13-14,16H,5-6,8,12H2,1-2H3,(H,19,21)/t13-,14+,16+/m1/s1. The summed E-state index contributed by atoms with van der Waals surface area (Å²) in [6, 6.07) is 10.6. The van der Waals surface area contributed by atoms with E-state index < -0.39 is 0 Å². The van der Waals surface area contributed by atoms with Crippen LogP contribution in [0.3, 0.4) is 0 Å². The zero-order valence-electron chi connectivity index (χ0n) is 12.9. The molecule has 1 heterocycles. The Morgan fingerprint density at radius 2 is 2.05 bits per heavy atom. The van der Waals surface area contributed by atoms with E-state index in [0.717, 1.165) is 11.9 Å². The Morgan fingerprint density at radius 1 is 1.24 bits per heavy atom. The Bertz CT molecular complexity index is 631. The highest BCUT2D eigenvalue weighted by molar-refractivity contribution is 5.83. The first-order valence-corrected chi connectivity index (χ1v) is 7.98. The maximum absolute atomic E-state index is 12.3.